The van der Waals surface area contributed by atoms with Crippen LogP contribution < -0.4 is 0 Å². The first-order valence-electron chi connectivity index (χ1n) is 17.2. The van der Waals surface area contributed by atoms with E-state index in [-0.39, 0.29) is 21.7 Å². The third kappa shape index (κ3) is 13.0. The van der Waals surface area contributed by atoms with Gasteiger partial charge in [0, 0.05) is 47.6 Å². The molecule has 0 aliphatic heterocycles. The Morgan fingerprint density at radius 3 is 1.57 bits per heavy atom. The molecule has 0 bridgehead atoms. The van der Waals surface area contributed by atoms with Crippen molar-refractivity contribution in [3.8, 4) is 0 Å². The van der Waals surface area contributed by atoms with Crippen molar-refractivity contribution in [2.45, 2.75) is 118 Å². The summed E-state index contributed by atoms with van der Waals surface area (Å²) in [6, 6.07) is 20.7. The van der Waals surface area contributed by atoms with Gasteiger partial charge in [-0.15, -0.1) is 15.3 Å². The smallest absolute Gasteiger partial charge is 0.179 e. The van der Waals surface area contributed by atoms with Gasteiger partial charge < -0.3 is 4.57 Å². The highest BCUT2D eigenvalue weighted by Gasteiger charge is 2.22. The lowest BCUT2D eigenvalue weighted by molar-refractivity contribution is 0.490. The molecule has 274 valence electrons. The number of benzene rings is 2. The molecule has 1 N–H and O–H groups in total. The molecule has 51 heavy (non-hydrogen) atoms. The van der Waals surface area contributed by atoms with E-state index in [0.717, 1.165) is 36.4 Å². The molecule has 4 heterocycles. The quantitative estimate of drug-likeness (QED) is 0.209. The van der Waals surface area contributed by atoms with Gasteiger partial charge in [-0.2, -0.15) is 10.3 Å². The van der Waals surface area contributed by atoms with E-state index in [9.17, 15) is 0 Å². The van der Waals surface area contributed by atoms with E-state index in [1.807, 2.05) is 69.2 Å². The van der Waals surface area contributed by atoms with Gasteiger partial charge in [-0.25, -0.2) is 14.6 Å². The number of nitrogens with one attached hydrogen (secondary N) is 1. The first-order valence-corrected chi connectivity index (χ1v) is 17.2. The second-order valence-corrected chi connectivity index (χ2v) is 16.5. The summed E-state index contributed by atoms with van der Waals surface area (Å²) in [5.41, 5.74) is 2.70. The molecule has 0 amide bonds. The number of aromatic nitrogens is 13. The monoisotopic (exact) mass is 695 g/mol. The van der Waals surface area contributed by atoms with E-state index in [0.29, 0.717) is 0 Å². The van der Waals surface area contributed by atoms with Crippen LogP contribution in [-0.4, -0.2) is 65.1 Å². The van der Waals surface area contributed by atoms with Gasteiger partial charge in [-0.05, 0) is 21.6 Å². The van der Waals surface area contributed by atoms with Crippen molar-refractivity contribution in [2.75, 3.05) is 0 Å². The van der Waals surface area contributed by atoms with Crippen molar-refractivity contribution in [3.63, 3.8) is 0 Å². The summed E-state index contributed by atoms with van der Waals surface area (Å²) in [4.78, 5) is 8.59. The van der Waals surface area contributed by atoms with Crippen LogP contribution in [0.3, 0.4) is 0 Å². The first kappa shape index (κ1) is 40.4. The van der Waals surface area contributed by atoms with Crippen molar-refractivity contribution in [1.82, 2.24) is 65.1 Å². The highest BCUT2D eigenvalue weighted by molar-refractivity contribution is 5.17. The summed E-state index contributed by atoms with van der Waals surface area (Å²) in [6.07, 6.45) is 5.51. The van der Waals surface area contributed by atoms with Gasteiger partial charge in [0.15, 0.2) is 11.6 Å². The van der Waals surface area contributed by atoms with Gasteiger partial charge in [-0.1, -0.05) is 149 Å². The minimum absolute atomic E-state index is 0.00694. The van der Waals surface area contributed by atoms with Crippen molar-refractivity contribution >= 4 is 0 Å². The standard InChI is InChI=1S/C14H18N2.C12H16N4.C7H13N3.C5H10N4/c1-14(2,3)13-15-9-10-16(13)11-12-7-5-4-6-8-12;1-12(2,3)11-13-14-15-16(11)9-10-7-5-4-6-8-10;1-7(2,3)6-8-5-9-10(6)4;1-5(2,3)4-6-8-9-7-4/h4-10H,11H2,1-3H3;4-8H,9H2,1-3H3;5H,1-4H3;1-3H3,(H,6,7,8,9). The van der Waals surface area contributed by atoms with Gasteiger partial charge in [0.2, 0.25) is 0 Å². The van der Waals surface area contributed by atoms with Crippen molar-refractivity contribution in [2.24, 2.45) is 7.05 Å². The minimum Gasteiger partial charge on any atom is -0.330 e. The summed E-state index contributed by atoms with van der Waals surface area (Å²) in [5, 5.41) is 29.4. The zero-order chi connectivity index (χ0) is 37.9. The number of imidazole rings is 1. The van der Waals surface area contributed by atoms with E-state index >= 15 is 0 Å². The molecule has 6 rings (SSSR count). The molecule has 0 saturated carbocycles. The zero-order valence-electron chi connectivity index (χ0n) is 32.8. The number of hydrogen-bond acceptors (Lipinski definition) is 9. The maximum atomic E-state index is 4.45. The van der Waals surface area contributed by atoms with Gasteiger partial charge in [-0.3, -0.25) is 4.68 Å². The highest BCUT2D eigenvalue weighted by Crippen LogP contribution is 2.22. The highest BCUT2D eigenvalue weighted by atomic mass is 15.5. The maximum Gasteiger partial charge on any atom is 0.179 e. The number of nitrogens with zero attached hydrogens (tertiary/aromatic N) is 12. The number of hydrogen-bond donors (Lipinski definition) is 1. The van der Waals surface area contributed by atoms with Crippen LogP contribution in [0.5, 0.6) is 0 Å². The first-order chi connectivity index (χ1) is 23.8. The molecule has 0 saturated heterocycles. The van der Waals surface area contributed by atoms with Crippen LogP contribution >= 0.6 is 0 Å². The Kier molecular flexibility index (Phi) is 13.6. The molecule has 0 unspecified atom stereocenters. The minimum atomic E-state index is -0.0295. The number of aryl methyl sites for hydroxylation is 1. The van der Waals surface area contributed by atoms with Crippen LogP contribution in [0.1, 0.15) is 118 Å². The summed E-state index contributed by atoms with van der Waals surface area (Å²) in [6.45, 7) is 27.0. The lowest BCUT2D eigenvalue weighted by Crippen LogP contribution is -2.20. The van der Waals surface area contributed by atoms with Gasteiger partial charge >= 0.3 is 0 Å². The predicted molar refractivity (Wildman–Crippen MR) is 201 cm³/mol. The number of tetrazole rings is 2. The molecule has 0 atom stereocenters. The summed E-state index contributed by atoms with van der Waals surface area (Å²) in [7, 11) is 1.91. The van der Waals surface area contributed by atoms with Crippen LogP contribution in [0.25, 0.3) is 0 Å². The van der Waals surface area contributed by atoms with Gasteiger partial charge in [0.05, 0.1) is 6.54 Å². The summed E-state index contributed by atoms with van der Waals surface area (Å²) < 4.78 is 5.88. The Morgan fingerprint density at radius 1 is 0.608 bits per heavy atom. The lowest BCUT2D eigenvalue weighted by Gasteiger charge is -2.19. The van der Waals surface area contributed by atoms with Crippen molar-refractivity contribution in [1.29, 1.82) is 0 Å². The second-order valence-electron chi connectivity index (χ2n) is 16.5. The van der Waals surface area contributed by atoms with Crippen LogP contribution in [-0.2, 0) is 41.8 Å². The third-order valence-electron chi connectivity index (χ3n) is 7.36. The molecule has 0 spiro atoms. The fourth-order valence-electron chi connectivity index (χ4n) is 4.92. The number of aromatic amines is 1. The Hall–Kier alpha value is -5.07. The molecule has 0 aliphatic rings. The molecular weight excluding hydrogens is 639 g/mol. The lowest BCUT2D eigenvalue weighted by atomic mass is 9.95. The van der Waals surface area contributed by atoms with Crippen molar-refractivity contribution in [3.05, 3.63) is 114 Å². The van der Waals surface area contributed by atoms with Gasteiger partial charge in [0.25, 0.3) is 0 Å². The average molecular weight is 696 g/mol. The SMILES string of the molecule is CC(C)(C)c1nccn1Cc1ccccc1.CC(C)(C)c1nn[nH]n1.CC(C)(C)c1nnnn1Cc1ccccc1.Cn1ncnc1C(C)(C)C. The number of H-pyrrole nitrogens is 1. The van der Waals surface area contributed by atoms with E-state index in [4.69, 9.17) is 0 Å². The number of rotatable bonds is 4. The third-order valence-corrected chi connectivity index (χ3v) is 7.36. The fraction of sp³-hybridized carbons (Fsp3) is 0.500. The Labute approximate surface area is 303 Å². The van der Waals surface area contributed by atoms with E-state index in [1.54, 1.807) is 11.0 Å². The van der Waals surface area contributed by atoms with Crippen LogP contribution in [0, 0.1) is 0 Å². The maximum absolute atomic E-state index is 4.45. The van der Waals surface area contributed by atoms with Crippen LogP contribution in [0.2, 0.25) is 0 Å². The predicted octanol–water partition coefficient (Wildman–Crippen LogP) is 6.86. The van der Waals surface area contributed by atoms with E-state index in [1.165, 1.54) is 11.1 Å². The van der Waals surface area contributed by atoms with Crippen LogP contribution in [0.15, 0.2) is 79.4 Å². The van der Waals surface area contributed by atoms with Gasteiger partial charge in [0.1, 0.15) is 18.0 Å². The Bertz CT molecular complexity index is 1730. The topological polar surface area (TPSA) is 147 Å². The van der Waals surface area contributed by atoms with Crippen molar-refractivity contribution < 1.29 is 0 Å². The second kappa shape index (κ2) is 17.2. The Morgan fingerprint density at radius 2 is 1.16 bits per heavy atom. The molecular formula is C38H57N13. The molecule has 13 heteroatoms. The molecule has 0 fully saturated rings. The molecule has 13 nitrogen and oxygen atoms in total. The molecule has 0 aliphatic carbocycles. The normalized spacial score (nSPS) is 11.8. The zero-order valence-corrected chi connectivity index (χ0v) is 32.8. The van der Waals surface area contributed by atoms with Crippen LogP contribution in [0.4, 0.5) is 0 Å². The molecule has 4 aromatic heterocycles. The fourth-order valence-corrected chi connectivity index (χ4v) is 4.92. The summed E-state index contributed by atoms with van der Waals surface area (Å²) >= 11 is 0. The molecule has 2 aromatic carbocycles. The molecule has 6 aromatic rings. The van der Waals surface area contributed by atoms with E-state index < -0.39 is 0 Å². The molecule has 0 radical (unpaired) electrons. The Balaban J connectivity index is 0.000000189. The van der Waals surface area contributed by atoms with E-state index in [2.05, 4.69) is 154 Å². The average Bonchev–Trinajstić information content (AvgIpc) is 3.86. The largest absolute Gasteiger partial charge is 0.330 e. The summed E-state index contributed by atoms with van der Waals surface area (Å²) in [5.74, 6) is 3.82.